The SMILES string of the molecule is Cc1c(C(=O)c2ccc(OCC(C)C)cc2)c(O)n(CCc2ccccc2)c(=O)c1C#N. The highest BCUT2D eigenvalue weighted by Crippen LogP contribution is 2.26. The van der Waals surface area contributed by atoms with Crippen LogP contribution in [0.5, 0.6) is 11.6 Å². The van der Waals surface area contributed by atoms with E-state index in [0.717, 1.165) is 10.1 Å². The van der Waals surface area contributed by atoms with Crippen molar-refractivity contribution in [3.63, 3.8) is 0 Å². The van der Waals surface area contributed by atoms with Crippen molar-refractivity contribution in [2.75, 3.05) is 6.61 Å². The summed E-state index contributed by atoms with van der Waals surface area (Å²) < 4.78 is 6.75. The number of aromatic nitrogens is 1. The van der Waals surface area contributed by atoms with E-state index in [2.05, 4.69) is 0 Å². The molecular weight excluding hydrogens is 404 g/mol. The zero-order valence-corrected chi connectivity index (χ0v) is 18.5. The number of hydrogen-bond acceptors (Lipinski definition) is 5. The molecule has 0 fully saturated rings. The van der Waals surface area contributed by atoms with E-state index in [1.807, 2.05) is 50.2 Å². The van der Waals surface area contributed by atoms with Gasteiger partial charge in [0.25, 0.3) is 5.56 Å². The third-order valence-corrected chi connectivity index (χ3v) is 5.19. The lowest BCUT2D eigenvalue weighted by molar-refractivity contribution is 0.103. The maximum absolute atomic E-state index is 13.2. The number of nitriles is 1. The van der Waals surface area contributed by atoms with Crippen LogP contribution in [0.1, 0.15) is 46.5 Å². The molecule has 2 aromatic carbocycles. The van der Waals surface area contributed by atoms with Crippen LogP contribution >= 0.6 is 0 Å². The zero-order valence-electron chi connectivity index (χ0n) is 18.5. The summed E-state index contributed by atoms with van der Waals surface area (Å²) in [6.07, 6.45) is 0.470. The topological polar surface area (TPSA) is 92.3 Å². The Hall–Kier alpha value is -3.85. The van der Waals surface area contributed by atoms with Crippen LogP contribution in [0.15, 0.2) is 59.4 Å². The molecule has 0 saturated heterocycles. The molecule has 32 heavy (non-hydrogen) atoms. The maximum Gasteiger partial charge on any atom is 0.271 e. The Morgan fingerprint density at radius 1 is 1.12 bits per heavy atom. The fourth-order valence-electron chi connectivity index (χ4n) is 3.43. The molecule has 0 amide bonds. The first kappa shape index (κ1) is 22.8. The summed E-state index contributed by atoms with van der Waals surface area (Å²) >= 11 is 0. The molecule has 1 heterocycles. The minimum absolute atomic E-state index is 0.0370. The standard InChI is InChI=1S/C26H26N2O4/c1-17(2)16-32-21-11-9-20(10-12-21)24(29)23-18(3)22(15-27)25(30)28(26(23)31)14-13-19-7-5-4-6-8-19/h4-12,17,31H,13-14,16H2,1-3H3. The lowest BCUT2D eigenvalue weighted by Crippen LogP contribution is -2.27. The monoisotopic (exact) mass is 430 g/mol. The molecule has 0 aliphatic heterocycles. The summed E-state index contributed by atoms with van der Waals surface area (Å²) in [5.74, 6) is 0.131. The number of aromatic hydroxyl groups is 1. The van der Waals surface area contributed by atoms with Gasteiger partial charge < -0.3 is 9.84 Å². The minimum atomic E-state index is -0.604. The van der Waals surface area contributed by atoms with Gasteiger partial charge in [-0.05, 0) is 54.7 Å². The van der Waals surface area contributed by atoms with Crippen LogP contribution in [-0.2, 0) is 13.0 Å². The molecule has 0 bridgehead atoms. The average molecular weight is 431 g/mol. The number of hydrogen-bond donors (Lipinski definition) is 1. The Balaban J connectivity index is 1.97. The second-order valence-corrected chi connectivity index (χ2v) is 8.06. The van der Waals surface area contributed by atoms with Crippen LogP contribution in [0.25, 0.3) is 0 Å². The predicted octanol–water partition coefficient (Wildman–Crippen LogP) is 4.24. The Bertz CT molecular complexity index is 1200. The number of benzene rings is 2. The van der Waals surface area contributed by atoms with Crippen LogP contribution < -0.4 is 10.3 Å². The molecule has 1 aromatic heterocycles. The van der Waals surface area contributed by atoms with E-state index in [-0.39, 0.29) is 23.2 Å². The van der Waals surface area contributed by atoms with Gasteiger partial charge in [0, 0.05) is 12.1 Å². The fourth-order valence-corrected chi connectivity index (χ4v) is 3.43. The summed E-state index contributed by atoms with van der Waals surface area (Å²) in [5.41, 5.74) is 0.699. The van der Waals surface area contributed by atoms with E-state index in [1.165, 1.54) is 6.92 Å². The van der Waals surface area contributed by atoms with E-state index in [0.29, 0.717) is 30.3 Å². The van der Waals surface area contributed by atoms with E-state index in [1.54, 1.807) is 24.3 Å². The highest BCUT2D eigenvalue weighted by molar-refractivity contribution is 6.11. The highest BCUT2D eigenvalue weighted by Gasteiger charge is 2.24. The lowest BCUT2D eigenvalue weighted by Gasteiger charge is -2.16. The molecule has 6 nitrogen and oxygen atoms in total. The number of pyridine rings is 1. The predicted molar refractivity (Wildman–Crippen MR) is 122 cm³/mol. The molecule has 0 radical (unpaired) electrons. The minimum Gasteiger partial charge on any atom is -0.494 e. The number of rotatable bonds is 8. The Morgan fingerprint density at radius 3 is 2.38 bits per heavy atom. The first-order valence-electron chi connectivity index (χ1n) is 10.5. The van der Waals surface area contributed by atoms with Crippen molar-refractivity contribution < 1.29 is 14.6 Å². The normalized spacial score (nSPS) is 10.7. The third-order valence-electron chi connectivity index (χ3n) is 5.19. The van der Waals surface area contributed by atoms with Gasteiger partial charge in [0.05, 0.1) is 12.2 Å². The van der Waals surface area contributed by atoms with Crippen LogP contribution in [0.3, 0.4) is 0 Å². The van der Waals surface area contributed by atoms with E-state index in [9.17, 15) is 20.0 Å². The first-order valence-corrected chi connectivity index (χ1v) is 10.5. The summed E-state index contributed by atoms with van der Waals surface area (Å²) in [6, 6.07) is 18.0. The molecular formula is C26H26N2O4. The van der Waals surface area contributed by atoms with Crippen molar-refractivity contribution in [3.05, 3.63) is 92.8 Å². The third kappa shape index (κ3) is 4.89. The second-order valence-electron chi connectivity index (χ2n) is 8.06. The average Bonchev–Trinajstić information content (AvgIpc) is 2.79. The molecule has 0 atom stereocenters. The molecule has 164 valence electrons. The van der Waals surface area contributed by atoms with Gasteiger partial charge in [-0.1, -0.05) is 44.2 Å². The molecule has 3 rings (SSSR count). The molecule has 1 N–H and O–H groups in total. The number of carbonyl (C=O) groups is 1. The quantitative estimate of drug-likeness (QED) is 0.540. The molecule has 0 spiro atoms. The van der Waals surface area contributed by atoms with Crippen LogP contribution in [0.2, 0.25) is 0 Å². The number of ether oxygens (including phenoxy) is 1. The van der Waals surface area contributed by atoms with Crippen LogP contribution in [0, 0.1) is 24.2 Å². The Morgan fingerprint density at radius 2 is 1.78 bits per heavy atom. The van der Waals surface area contributed by atoms with E-state index >= 15 is 0 Å². The van der Waals surface area contributed by atoms with Gasteiger partial charge in [-0.15, -0.1) is 0 Å². The van der Waals surface area contributed by atoms with Crippen molar-refractivity contribution >= 4 is 5.78 Å². The highest BCUT2D eigenvalue weighted by atomic mass is 16.5. The van der Waals surface area contributed by atoms with Gasteiger partial charge in [-0.25, -0.2) is 0 Å². The van der Waals surface area contributed by atoms with Crippen LogP contribution in [0.4, 0.5) is 0 Å². The number of carbonyl (C=O) groups excluding carboxylic acids is 1. The van der Waals surface area contributed by atoms with Gasteiger partial charge in [0.1, 0.15) is 17.4 Å². The van der Waals surface area contributed by atoms with Gasteiger partial charge in [0.2, 0.25) is 5.88 Å². The van der Waals surface area contributed by atoms with E-state index in [4.69, 9.17) is 4.74 Å². The van der Waals surface area contributed by atoms with Crippen molar-refractivity contribution in [2.45, 2.75) is 33.7 Å². The van der Waals surface area contributed by atoms with Gasteiger partial charge in [-0.3, -0.25) is 14.2 Å². The van der Waals surface area contributed by atoms with Crippen molar-refractivity contribution in [2.24, 2.45) is 5.92 Å². The summed E-state index contributed by atoms with van der Waals surface area (Å²) in [6.45, 7) is 6.30. The number of aryl methyl sites for hydroxylation is 1. The molecule has 0 aliphatic carbocycles. The van der Waals surface area contributed by atoms with E-state index < -0.39 is 17.2 Å². The summed E-state index contributed by atoms with van der Waals surface area (Å²) in [7, 11) is 0. The zero-order chi connectivity index (χ0) is 23.3. The summed E-state index contributed by atoms with van der Waals surface area (Å²) in [5, 5.41) is 20.4. The fraction of sp³-hybridized carbons (Fsp3) is 0.269. The van der Waals surface area contributed by atoms with Gasteiger partial charge in [-0.2, -0.15) is 5.26 Å². The molecule has 0 unspecified atom stereocenters. The number of ketones is 1. The van der Waals surface area contributed by atoms with Crippen molar-refractivity contribution in [1.82, 2.24) is 4.57 Å². The molecule has 0 aliphatic rings. The largest absolute Gasteiger partial charge is 0.494 e. The Labute approximate surface area is 187 Å². The van der Waals surface area contributed by atoms with Crippen molar-refractivity contribution in [3.8, 4) is 17.7 Å². The second kappa shape index (κ2) is 9.97. The maximum atomic E-state index is 13.2. The Kier molecular flexibility index (Phi) is 7.11. The lowest BCUT2D eigenvalue weighted by atomic mass is 9.97. The smallest absolute Gasteiger partial charge is 0.271 e. The van der Waals surface area contributed by atoms with Crippen molar-refractivity contribution in [1.29, 1.82) is 5.26 Å². The summed E-state index contributed by atoms with van der Waals surface area (Å²) in [4.78, 5) is 26.0. The van der Waals surface area contributed by atoms with Crippen LogP contribution in [-0.4, -0.2) is 22.1 Å². The van der Waals surface area contributed by atoms with Gasteiger partial charge >= 0.3 is 0 Å². The first-order chi connectivity index (χ1) is 15.3. The molecule has 6 heteroatoms. The number of nitrogens with zero attached hydrogens (tertiary/aromatic N) is 2. The molecule has 0 saturated carbocycles. The molecule has 3 aromatic rings. The van der Waals surface area contributed by atoms with Gasteiger partial charge in [0.15, 0.2) is 5.78 Å².